The van der Waals surface area contributed by atoms with Gasteiger partial charge in [0.05, 0.1) is 11.6 Å². The highest BCUT2D eigenvalue weighted by atomic mass is 16.3. The highest BCUT2D eigenvalue weighted by Gasteiger charge is 2.46. The smallest absolute Gasteiger partial charge is 0.295 e. The molecule has 5 nitrogen and oxygen atoms in total. The SMILES string of the molecule is CC(C)(C)c1ccc(C2/C(=C(/O)c3ccccc3)C(=O)C(=O)N2Cc2cccnc2)cc1. The number of benzene rings is 2. The second kappa shape index (κ2) is 8.42. The van der Waals surface area contributed by atoms with Crippen LogP contribution in [0, 0.1) is 0 Å². The molecule has 4 rings (SSSR count). The number of nitrogens with zero attached hydrogens (tertiary/aromatic N) is 2. The van der Waals surface area contributed by atoms with Crippen molar-refractivity contribution in [3.63, 3.8) is 0 Å². The third-order valence-corrected chi connectivity index (χ3v) is 5.76. The number of hydrogen-bond donors (Lipinski definition) is 1. The molecule has 1 unspecified atom stereocenters. The average Bonchev–Trinajstić information content (AvgIpc) is 3.04. The Hall–Kier alpha value is -3.73. The predicted octanol–water partition coefficient (Wildman–Crippen LogP) is 5.00. The molecule has 1 saturated heterocycles. The van der Waals surface area contributed by atoms with E-state index in [0.717, 1.165) is 16.7 Å². The first kappa shape index (κ1) is 21.5. The van der Waals surface area contributed by atoms with E-state index in [0.29, 0.717) is 5.56 Å². The lowest BCUT2D eigenvalue weighted by Gasteiger charge is -2.26. The third kappa shape index (κ3) is 4.06. The lowest BCUT2D eigenvalue weighted by Crippen LogP contribution is -2.29. The Morgan fingerprint density at radius 3 is 2.25 bits per heavy atom. The van der Waals surface area contributed by atoms with Gasteiger partial charge in [-0.25, -0.2) is 0 Å². The standard InChI is InChI=1S/C27H26N2O3/c1-27(2,3)21-13-11-19(12-14-21)23-22(24(30)20-9-5-4-6-10-20)25(31)26(32)29(23)17-18-8-7-15-28-16-18/h4-16,23,30H,17H2,1-3H3/b24-22-. The molecular formula is C27H26N2O3. The molecule has 2 heterocycles. The van der Waals surface area contributed by atoms with Crippen molar-refractivity contribution in [3.05, 3.63) is 107 Å². The molecule has 32 heavy (non-hydrogen) atoms. The number of aromatic nitrogens is 1. The molecule has 2 aromatic carbocycles. The van der Waals surface area contributed by atoms with E-state index in [1.54, 1.807) is 42.7 Å². The number of ketones is 1. The minimum Gasteiger partial charge on any atom is -0.507 e. The molecule has 1 N–H and O–H groups in total. The molecule has 0 saturated carbocycles. The van der Waals surface area contributed by atoms with Gasteiger partial charge in [-0.2, -0.15) is 0 Å². The summed E-state index contributed by atoms with van der Waals surface area (Å²) in [5.41, 5.74) is 3.31. The molecule has 1 aliphatic heterocycles. The van der Waals surface area contributed by atoms with Gasteiger partial charge in [0.2, 0.25) is 0 Å². The van der Waals surface area contributed by atoms with Crippen molar-refractivity contribution < 1.29 is 14.7 Å². The number of rotatable bonds is 4. The summed E-state index contributed by atoms with van der Waals surface area (Å²) in [4.78, 5) is 31.8. The van der Waals surface area contributed by atoms with Crippen LogP contribution >= 0.6 is 0 Å². The van der Waals surface area contributed by atoms with Crippen molar-refractivity contribution in [3.8, 4) is 0 Å². The first-order valence-corrected chi connectivity index (χ1v) is 10.6. The van der Waals surface area contributed by atoms with Crippen LogP contribution in [0.5, 0.6) is 0 Å². The quantitative estimate of drug-likeness (QED) is 0.362. The van der Waals surface area contributed by atoms with Gasteiger partial charge in [-0.3, -0.25) is 14.6 Å². The van der Waals surface area contributed by atoms with E-state index in [2.05, 4.69) is 25.8 Å². The Balaban J connectivity index is 1.85. The highest BCUT2D eigenvalue weighted by Crippen LogP contribution is 2.40. The molecule has 0 spiro atoms. The maximum atomic E-state index is 13.1. The highest BCUT2D eigenvalue weighted by molar-refractivity contribution is 6.46. The molecule has 1 fully saturated rings. The van der Waals surface area contributed by atoms with E-state index >= 15 is 0 Å². The molecular weight excluding hydrogens is 400 g/mol. The van der Waals surface area contributed by atoms with Gasteiger partial charge in [-0.05, 0) is 28.2 Å². The predicted molar refractivity (Wildman–Crippen MR) is 124 cm³/mol. The summed E-state index contributed by atoms with van der Waals surface area (Å²) in [6.07, 6.45) is 3.34. The van der Waals surface area contributed by atoms with Crippen LogP contribution in [0.1, 0.15) is 49.1 Å². The summed E-state index contributed by atoms with van der Waals surface area (Å²) in [5.74, 6) is -1.47. The summed E-state index contributed by atoms with van der Waals surface area (Å²) < 4.78 is 0. The number of aliphatic hydroxyl groups is 1. The second-order valence-corrected chi connectivity index (χ2v) is 9.03. The van der Waals surface area contributed by atoms with Crippen LogP contribution in [0.2, 0.25) is 0 Å². The van der Waals surface area contributed by atoms with Crippen molar-refractivity contribution in [2.75, 3.05) is 0 Å². The fraction of sp³-hybridized carbons (Fsp3) is 0.222. The van der Waals surface area contributed by atoms with Gasteiger partial charge < -0.3 is 10.0 Å². The summed E-state index contributed by atoms with van der Waals surface area (Å²) in [5, 5.41) is 11.1. The third-order valence-electron chi connectivity index (χ3n) is 5.76. The first-order valence-electron chi connectivity index (χ1n) is 10.6. The van der Waals surface area contributed by atoms with Crippen LogP contribution in [-0.2, 0) is 21.5 Å². The van der Waals surface area contributed by atoms with Gasteiger partial charge in [0.25, 0.3) is 11.7 Å². The molecule has 0 bridgehead atoms. The second-order valence-electron chi connectivity index (χ2n) is 9.03. The number of carbonyl (C=O) groups excluding carboxylic acids is 2. The number of likely N-dealkylation sites (tertiary alicyclic amines) is 1. The van der Waals surface area contributed by atoms with Gasteiger partial charge in [0.15, 0.2) is 0 Å². The van der Waals surface area contributed by atoms with Crippen LogP contribution in [-0.4, -0.2) is 26.7 Å². The van der Waals surface area contributed by atoms with E-state index in [1.807, 2.05) is 36.4 Å². The van der Waals surface area contributed by atoms with Crippen LogP contribution in [0.15, 0.2) is 84.7 Å². The minimum atomic E-state index is -0.690. The number of aliphatic hydroxyl groups excluding tert-OH is 1. The van der Waals surface area contributed by atoms with Crippen molar-refractivity contribution in [1.82, 2.24) is 9.88 Å². The summed E-state index contributed by atoms with van der Waals surface area (Å²) in [6.45, 7) is 6.61. The zero-order chi connectivity index (χ0) is 22.9. The monoisotopic (exact) mass is 426 g/mol. The molecule has 1 atom stereocenters. The minimum absolute atomic E-state index is 0.0277. The van der Waals surface area contributed by atoms with Crippen LogP contribution < -0.4 is 0 Å². The fourth-order valence-electron chi connectivity index (χ4n) is 3.99. The van der Waals surface area contributed by atoms with E-state index in [-0.39, 0.29) is 23.3 Å². The lowest BCUT2D eigenvalue weighted by atomic mass is 9.85. The normalized spacial score (nSPS) is 18.2. The van der Waals surface area contributed by atoms with Gasteiger partial charge in [0.1, 0.15) is 5.76 Å². The molecule has 0 radical (unpaired) electrons. The van der Waals surface area contributed by atoms with Crippen molar-refractivity contribution in [2.45, 2.75) is 38.8 Å². The zero-order valence-corrected chi connectivity index (χ0v) is 18.4. The van der Waals surface area contributed by atoms with Gasteiger partial charge in [-0.1, -0.05) is 81.4 Å². The average molecular weight is 427 g/mol. The maximum Gasteiger partial charge on any atom is 0.295 e. The van der Waals surface area contributed by atoms with E-state index in [9.17, 15) is 14.7 Å². The number of hydrogen-bond acceptors (Lipinski definition) is 4. The van der Waals surface area contributed by atoms with E-state index in [1.165, 1.54) is 4.90 Å². The molecule has 0 aliphatic carbocycles. The van der Waals surface area contributed by atoms with E-state index < -0.39 is 17.7 Å². The molecule has 3 aromatic rings. The van der Waals surface area contributed by atoms with Gasteiger partial charge >= 0.3 is 0 Å². The topological polar surface area (TPSA) is 70.5 Å². The van der Waals surface area contributed by atoms with Crippen molar-refractivity contribution in [1.29, 1.82) is 0 Å². The first-order chi connectivity index (χ1) is 15.3. The lowest BCUT2D eigenvalue weighted by molar-refractivity contribution is -0.140. The summed E-state index contributed by atoms with van der Waals surface area (Å²) in [6, 6.07) is 19.7. The fourth-order valence-corrected chi connectivity index (χ4v) is 3.99. The van der Waals surface area contributed by atoms with Gasteiger partial charge in [-0.15, -0.1) is 0 Å². The van der Waals surface area contributed by atoms with Crippen molar-refractivity contribution in [2.24, 2.45) is 0 Å². The van der Waals surface area contributed by atoms with Gasteiger partial charge in [0, 0.05) is 24.5 Å². The Labute approximate surface area is 188 Å². The van der Waals surface area contributed by atoms with E-state index in [4.69, 9.17) is 0 Å². The molecule has 5 heteroatoms. The Bertz CT molecular complexity index is 1160. The molecule has 1 amide bonds. The largest absolute Gasteiger partial charge is 0.507 e. The maximum absolute atomic E-state index is 13.1. The number of Topliss-reactive ketones (excluding diaryl/α,β-unsaturated/α-hetero) is 1. The molecule has 162 valence electrons. The Kier molecular flexibility index (Phi) is 5.66. The molecule has 1 aromatic heterocycles. The van der Waals surface area contributed by atoms with Crippen LogP contribution in [0.25, 0.3) is 5.76 Å². The molecule has 1 aliphatic rings. The van der Waals surface area contributed by atoms with Crippen LogP contribution in [0.4, 0.5) is 0 Å². The Morgan fingerprint density at radius 2 is 1.66 bits per heavy atom. The summed E-state index contributed by atoms with van der Waals surface area (Å²) >= 11 is 0. The van der Waals surface area contributed by atoms with Crippen LogP contribution in [0.3, 0.4) is 0 Å². The number of carbonyl (C=O) groups is 2. The van der Waals surface area contributed by atoms with Crippen molar-refractivity contribution >= 4 is 17.4 Å². The number of amides is 1. The Morgan fingerprint density at radius 1 is 0.969 bits per heavy atom. The number of pyridine rings is 1. The zero-order valence-electron chi connectivity index (χ0n) is 18.4. The summed E-state index contributed by atoms with van der Waals surface area (Å²) in [7, 11) is 0.